The average Bonchev–Trinajstić information content (AvgIpc) is 3.06. The molecule has 4 heteroatoms. The van der Waals surface area contributed by atoms with Crippen LogP contribution in [0.15, 0.2) is 48.5 Å². The number of methoxy groups -OCH3 is 1. The van der Waals surface area contributed by atoms with Crippen molar-refractivity contribution in [1.29, 1.82) is 0 Å². The third kappa shape index (κ3) is 3.07. The van der Waals surface area contributed by atoms with Gasteiger partial charge in [0.25, 0.3) is 0 Å². The Balaban J connectivity index is 0.000000948. The average molecular weight is 350 g/mol. The number of carbonyl (C=O) groups excluding carboxylic acids is 1. The predicted molar refractivity (Wildman–Crippen MR) is 105 cm³/mol. The summed E-state index contributed by atoms with van der Waals surface area (Å²) in [6.45, 7) is 6.76. The van der Waals surface area contributed by atoms with Gasteiger partial charge in [-0.2, -0.15) is 0 Å². The van der Waals surface area contributed by atoms with E-state index in [0.29, 0.717) is 6.54 Å². The van der Waals surface area contributed by atoms with E-state index in [2.05, 4.69) is 42.2 Å². The van der Waals surface area contributed by atoms with Gasteiger partial charge in [-0.25, -0.2) is 4.79 Å². The molecule has 4 nitrogen and oxygen atoms in total. The summed E-state index contributed by atoms with van der Waals surface area (Å²) in [6.07, 6.45) is 0.543. The first-order chi connectivity index (χ1) is 12.7. The summed E-state index contributed by atoms with van der Waals surface area (Å²) in [6, 6.07) is 16.4. The summed E-state index contributed by atoms with van der Waals surface area (Å²) in [7, 11) is 1.44. The molecule has 0 radical (unpaired) electrons. The van der Waals surface area contributed by atoms with Gasteiger partial charge in [-0.15, -0.1) is 0 Å². The second-order valence-corrected chi connectivity index (χ2v) is 6.29. The molecular weight excluding hydrogens is 324 g/mol. The number of aromatic nitrogens is 1. The van der Waals surface area contributed by atoms with E-state index in [9.17, 15) is 4.79 Å². The van der Waals surface area contributed by atoms with Crippen molar-refractivity contribution in [1.82, 2.24) is 9.88 Å². The number of rotatable bonds is 1. The van der Waals surface area contributed by atoms with Gasteiger partial charge in [0.2, 0.25) is 0 Å². The van der Waals surface area contributed by atoms with Gasteiger partial charge in [0.1, 0.15) is 6.04 Å². The number of fused-ring (bicyclic) bond motifs is 3. The van der Waals surface area contributed by atoms with Crippen molar-refractivity contribution in [2.45, 2.75) is 33.2 Å². The zero-order valence-corrected chi connectivity index (χ0v) is 15.9. The van der Waals surface area contributed by atoms with Crippen molar-refractivity contribution >= 4 is 17.0 Å². The number of nitrogens with zero attached hydrogens (tertiary/aromatic N) is 1. The number of ether oxygens (including phenoxy) is 1. The van der Waals surface area contributed by atoms with Crippen molar-refractivity contribution < 1.29 is 9.53 Å². The molecule has 1 aliphatic heterocycles. The van der Waals surface area contributed by atoms with E-state index in [4.69, 9.17) is 4.74 Å². The lowest BCUT2D eigenvalue weighted by atomic mass is 9.92. The molecule has 1 atom stereocenters. The summed E-state index contributed by atoms with van der Waals surface area (Å²) >= 11 is 0. The van der Waals surface area contributed by atoms with Crippen molar-refractivity contribution in [2.75, 3.05) is 13.7 Å². The minimum absolute atomic E-state index is 0.143. The molecule has 0 aliphatic carbocycles. The molecule has 1 aliphatic rings. The van der Waals surface area contributed by atoms with Crippen molar-refractivity contribution in [3.05, 3.63) is 70.9 Å². The van der Waals surface area contributed by atoms with Crippen molar-refractivity contribution in [3.8, 4) is 0 Å². The van der Waals surface area contributed by atoms with Gasteiger partial charge >= 0.3 is 6.09 Å². The van der Waals surface area contributed by atoms with Crippen LogP contribution in [0.3, 0.4) is 0 Å². The molecule has 0 bridgehead atoms. The van der Waals surface area contributed by atoms with Gasteiger partial charge in [-0.1, -0.05) is 55.8 Å². The fraction of sp³-hybridized carbons (Fsp3) is 0.318. The second-order valence-electron chi connectivity index (χ2n) is 6.29. The number of aryl methyl sites for hydroxylation is 1. The van der Waals surface area contributed by atoms with E-state index in [1.165, 1.54) is 23.6 Å². The van der Waals surface area contributed by atoms with Gasteiger partial charge < -0.3 is 9.72 Å². The van der Waals surface area contributed by atoms with Crippen LogP contribution in [0.2, 0.25) is 0 Å². The largest absolute Gasteiger partial charge is 0.453 e. The highest BCUT2D eigenvalue weighted by atomic mass is 16.5. The maximum absolute atomic E-state index is 12.3. The quantitative estimate of drug-likeness (QED) is 0.654. The van der Waals surface area contributed by atoms with E-state index in [1.807, 2.05) is 32.0 Å². The van der Waals surface area contributed by atoms with Crippen LogP contribution in [-0.2, 0) is 11.2 Å². The number of H-pyrrole nitrogens is 1. The Morgan fingerprint density at radius 3 is 2.58 bits per heavy atom. The summed E-state index contributed by atoms with van der Waals surface area (Å²) in [5.41, 5.74) is 5.86. The Hall–Kier alpha value is -2.75. The molecule has 4 rings (SSSR count). The van der Waals surface area contributed by atoms with Crippen molar-refractivity contribution in [3.63, 3.8) is 0 Å². The lowest BCUT2D eigenvalue weighted by Crippen LogP contribution is -2.40. The molecule has 0 fully saturated rings. The maximum Gasteiger partial charge on any atom is 0.410 e. The summed E-state index contributed by atoms with van der Waals surface area (Å²) < 4.78 is 5.02. The normalized spacial score (nSPS) is 15.8. The van der Waals surface area contributed by atoms with E-state index in [0.717, 1.165) is 23.2 Å². The molecule has 0 saturated heterocycles. The first-order valence-corrected chi connectivity index (χ1v) is 9.19. The molecule has 1 N–H and O–H groups in total. The third-order valence-corrected chi connectivity index (χ3v) is 4.81. The molecule has 1 unspecified atom stereocenters. The zero-order valence-electron chi connectivity index (χ0n) is 15.9. The number of amides is 1. The molecule has 0 spiro atoms. The van der Waals surface area contributed by atoms with Crippen LogP contribution in [0.25, 0.3) is 10.9 Å². The first kappa shape index (κ1) is 18.1. The van der Waals surface area contributed by atoms with Crippen LogP contribution in [0.5, 0.6) is 0 Å². The lowest BCUT2D eigenvalue weighted by Gasteiger charge is -2.35. The maximum atomic E-state index is 12.3. The van der Waals surface area contributed by atoms with E-state index < -0.39 is 0 Å². The molecule has 136 valence electrons. The third-order valence-electron chi connectivity index (χ3n) is 4.81. The minimum Gasteiger partial charge on any atom is -0.453 e. The van der Waals surface area contributed by atoms with Crippen LogP contribution >= 0.6 is 0 Å². The summed E-state index contributed by atoms with van der Waals surface area (Å²) in [5, 5.41) is 1.26. The SMILES string of the molecule is CC.COC(=O)N1CCc2c([nH]c3ccc(C)cc23)C1c1ccccc1. The molecule has 1 aromatic heterocycles. The Morgan fingerprint density at radius 2 is 1.88 bits per heavy atom. The van der Waals surface area contributed by atoms with Gasteiger partial charge in [0.05, 0.1) is 7.11 Å². The van der Waals surface area contributed by atoms with Crippen molar-refractivity contribution in [2.24, 2.45) is 0 Å². The van der Waals surface area contributed by atoms with E-state index >= 15 is 0 Å². The zero-order chi connectivity index (χ0) is 18.7. The number of aromatic amines is 1. The minimum atomic E-state index is -0.288. The monoisotopic (exact) mass is 350 g/mol. The lowest BCUT2D eigenvalue weighted by molar-refractivity contribution is 0.108. The van der Waals surface area contributed by atoms with Gasteiger partial charge in [0, 0.05) is 23.1 Å². The Kier molecular flexibility index (Phi) is 5.31. The standard InChI is InChI=1S/C20H20N2O2.C2H6/c1-13-8-9-17-16(12-13)15-10-11-22(20(23)24-2)19(18(15)21-17)14-6-4-3-5-7-14;1-2/h3-9,12,19,21H,10-11H2,1-2H3;1-2H3. The molecule has 0 saturated carbocycles. The predicted octanol–water partition coefficient (Wildman–Crippen LogP) is 5.22. The molecule has 26 heavy (non-hydrogen) atoms. The van der Waals surface area contributed by atoms with Crippen LogP contribution < -0.4 is 0 Å². The van der Waals surface area contributed by atoms with Gasteiger partial charge in [-0.05, 0) is 36.6 Å². The smallest absolute Gasteiger partial charge is 0.410 e. The molecule has 2 heterocycles. The molecule has 2 aromatic carbocycles. The van der Waals surface area contributed by atoms with Crippen LogP contribution in [0, 0.1) is 6.92 Å². The number of benzene rings is 2. The Morgan fingerprint density at radius 1 is 1.15 bits per heavy atom. The number of hydrogen-bond acceptors (Lipinski definition) is 2. The van der Waals surface area contributed by atoms with Crippen LogP contribution in [-0.4, -0.2) is 29.6 Å². The first-order valence-electron chi connectivity index (χ1n) is 9.19. The van der Waals surface area contributed by atoms with Crippen LogP contribution in [0.1, 0.15) is 42.3 Å². The summed E-state index contributed by atoms with van der Waals surface area (Å²) in [4.78, 5) is 17.7. The van der Waals surface area contributed by atoms with Gasteiger partial charge in [0.15, 0.2) is 0 Å². The van der Waals surface area contributed by atoms with Gasteiger partial charge in [-0.3, -0.25) is 4.90 Å². The molecule has 1 amide bonds. The second kappa shape index (κ2) is 7.65. The number of nitrogens with one attached hydrogen (secondary N) is 1. The molecule has 3 aromatic rings. The highest BCUT2D eigenvalue weighted by Gasteiger charge is 2.34. The highest BCUT2D eigenvalue weighted by molar-refractivity contribution is 5.86. The van der Waals surface area contributed by atoms with E-state index in [1.54, 1.807) is 4.90 Å². The topological polar surface area (TPSA) is 45.3 Å². The molecular formula is C22H26N2O2. The fourth-order valence-corrected chi connectivity index (χ4v) is 3.70. The number of carbonyl (C=O) groups is 1. The fourth-order valence-electron chi connectivity index (χ4n) is 3.70. The highest BCUT2D eigenvalue weighted by Crippen LogP contribution is 2.38. The Labute approximate surface area is 154 Å². The van der Waals surface area contributed by atoms with E-state index in [-0.39, 0.29) is 12.1 Å². The Bertz CT molecular complexity index is 899. The number of hydrogen-bond donors (Lipinski definition) is 1. The summed E-state index contributed by atoms with van der Waals surface area (Å²) in [5.74, 6) is 0. The van der Waals surface area contributed by atoms with Crippen LogP contribution in [0.4, 0.5) is 4.79 Å².